The summed E-state index contributed by atoms with van der Waals surface area (Å²) in [6.07, 6.45) is 5.49. The number of hydrogen-bond acceptors (Lipinski definition) is 5. The molecule has 3 amide bonds. The summed E-state index contributed by atoms with van der Waals surface area (Å²) in [5.74, 6) is -0.305. The Morgan fingerprint density at radius 2 is 1.72 bits per heavy atom. The van der Waals surface area contributed by atoms with Crippen molar-refractivity contribution in [1.82, 2.24) is 15.5 Å². The molecule has 1 rings (SSSR count). The molecule has 0 aliphatic carbocycles. The molecule has 0 saturated carbocycles. The minimum Gasteiger partial charge on any atom is -0.370 e. The first kappa shape index (κ1) is 21.4. The number of nitrogens with zero attached hydrogens (tertiary/aromatic N) is 1. The molecule has 25 heavy (non-hydrogen) atoms. The third-order valence-corrected chi connectivity index (χ3v) is 4.32. The number of nitrogens with one attached hydrogen (secondary N) is 2. The monoisotopic (exact) mass is 355 g/mol. The van der Waals surface area contributed by atoms with Crippen LogP contribution in [0.25, 0.3) is 0 Å². The van der Waals surface area contributed by atoms with E-state index < -0.39 is 5.91 Å². The number of nitrogens with two attached hydrogens (primary N) is 2. The largest absolute Gasteiger partial charge is 0.370 e. The van der Waals surface area contributed by atoms with E-state index in [0.29, 0.717) is 32.5 Å². The summed E-state index contributed by atoms with van der Waals surface area (Å²) in [7, 11) is 0. The van der Waals surface area contributed by atoms with Crippen molar-refractivity contribution in [2.75, 3.05) is 32.7 Å². The van der Waals surface area contributed by atoms with Crippen LogP contribution in [0.4, 0.5) is 0 Å². The van der Waals surface area contributed by atoms with Crippen LogP contribution in [0.1, 0.15) is 51.4 Å². The van der Waals surface area contributed by atoms with Crippen molar-refractivity contribution in [2.45, 2.75) is 57.4 Å². The molecule has 0 aromatic heterocycles. The van der Waals surface area contributed by atoms with Crippen molar-refractivity contribution in [2.24, 2.45) is 11.5 Å². The van der Waals surface area contributed by atoms with E-state index >= 15 is 0 Å². The molecule has 1 saturated heterocycles. The van der Waals surface area contributed by atoms with E-state index in [2.05, 4.69) is 10.6 Å². The first-order chi connectivity index (χ1) is 12.0. The molecule has 1 heterocycles. The Bertz CT molecular complexity index is 425. The summed E-state index contributed by atoms with van der Waals surface area (Å²) in [4.78, 5) is 37.0. The van der Waals surface area contributed by atoms with Crippen molar-refractivity contribution in [1.29, 1.82) is 0 Å². The Hall–Kier alpha value is -1.67. The molecule has 1 aliphatic heterocycles. The molecule has 0 radical (unpaired) electrons. The fraction of sp³-hybridized carbons (Fsp3) is 0.824. The first-order valence-electron chi connectivity index (χ1n) is 9.32. The lowest BCUT2D eigenvalue weighted by Crippen LogP contribution is -2.46. The number of hydrogen-bond donors (Lipinski definition) is 4. The Labute approximate surface area is 150 Å². The Balaban J connectivity index is 2.26. The Morgan fingerprint density at radius 3 is 2.36 bits per heavy atom. The van der Waals surface area contributed by atoms with Gasteiger partial charge in [-0.3, -0.25) is 14.4 Å². The van der Waals surface area contributed by atoms with E-state index in [4.69, 9.17) is 11.5 Å². The van der Waals surface area contributed by atoms with Gasteiger partial charge in [-0.25, -0.2) is 0 Å². The summed E-state index contributed by atoms with van der Waals surface area (Å²) in [5, 5.41) is 6.05. The van der Waals surface area contributed by atoms with Gasteiger partial charge in [0.05, 0.1) is 6.04 Å². The van der Waals surface area contributed by atoms with E-state index in [1.54, 1.807) is 0 Å². The van der Waals surface area contributed by atoms with Gasteiger partial charge in [0.2, 0.25) is 17.7 Å². The molecule has 0 aromatic carbocycles. The summed E-state index contributed by atoms with van der Waals surface area (Å²) in [6, 6.07) is -0.371. The molecule has 1 aliphatic rings. The molecule has 0 aromatic rings. The molecular formula is C17H33N5O3. The lowest BCUT2D eigenvalue weighted by Gasteiger charge is -2.24. The van der Waals surface area contributed by atoms with E-state index in [-0.39, 0.29) is 24.3 Å². The van der Waals surface area contributed by atoms with Crippen LogP contribution in [-0.4, -0.2) is 61.4 Å². The summed E-state index contributed by atoms with van der Waals surface area (Å²) in [5.41, 5.74) is 10.6. The first-order valence-corrected chi connectivity index (χ1v) is 9.32. The van der Waals surface area contributed by atoms with Gasteiger partial charge in [-0.2, -0.15) is 0 Å². The highest BCUT2D eigenvalue weighted by Gasteiger charge is 2.26. The van der Waals surface area contributed by atoms with Gasteiger partial charge in [-0.05, 0) is 51.6 Å². The zero-order chi connectivity index (χ0) is 18.5. The smallest absolute Gasteiger partial charge is 0.239 e. The van der Waals surface area contributed by atoms with Gasteiger partial charge < -0.3 is 27.0 Å². The molecule has 8 heteroatoms. The SMILES string of the molecule is NCCCNC(=O)CCCCNC(CCC(N)=O)C(=O)N1CCCC1. The van der Waals surface area contributed by atoms with Crippen LogP contribution in [-0.2, 0) is 14.4 Å². The molecule has 0 bridgehead atoms. The van der Waals surface area contributed by atoms with Crippen LogP contribution < -0.4 is 22.1 Å². The van der Waals surface area contributed by atoms with E-state index in [9.17, 15) is 14.4 Å². The fourth-order valence-electron chi connectivity index (χ4n) is 2.86. The molecule has 1 atom stereocenters. The van der Waals surface area contributed by atoms with E-state index in [0.717, 1.165) is 45.2 Å². The molecule has 1 fully saturated rings. The maximum absolute atomic E-state index is 12.5. The van der Waals surface area contributed by atoms with Crippen molar-refractivity contribution in [3.05, 3.63) is 0 Å². The number of carbonyl (C=O) groups excluding carboxylic acids is 3. The number of rotatable bonds is 13. The lowest BCUT2D eigenvalue weighted by molar-refractivity contribution is -0.132. The van der Waals surface area contributed by atoms with Gasteiger partial charge in [0.1, 0.15) is 0 Å². The summed E-state index contributed by atoms with van der Waals surface area (Å²) in [6.45, 7) is 3.40. The van der Waals surface area contributed by atoms with Crippen LogP contribution in [0.5, 0.6) is 0 Å². The molecule has 6 N–H and O–H groups in total. The van der Waals surface area contributed by atoms with Crippen molar-refractivity contribution in [3.63, 3.8) is 0 Å². The van der Waals surface area contributed by atoms with Gasteiger partial charge in [0, 0.05) is 32.5 Å². The van der Waals surface area contributed by atoms with Gasteiger partial charge in [-0.1, -0.05) is 0 Å². The third-order valence-electron chi connectivity index (χ3n) is 4.32. The van der Waals surface area contributed by atoms with Crippen molar-refractivity contribution >= 4 is 17.7 Å². The van der Waals surface area contributed by atoms with Gasteiger partial charge in [0.15, 0.2) is 0 Å². The zero-order valence-electron chi connectivity index (χ0n) is 15.1. The van der Waals surface area contributed by atoms with Gasteiger partial charge >= 0.3 is 0 Å². The minimum atomic E-state index is -0.393. The third kappa shape index (κ3) is 9.40. The topological polar surface area (TPSA) is 131 Å². The fourth-order valence-corrected chi connectivity index (χ4v) is 2.86. The van der Waals surface area contributed by atoms with E-state index in [1.165, 1.54) is 0 Å². The van der Waals surface area contributed by atoms with Gasteiger partial charge in [0.25, 0.3) is 0 Å². The second kappa shape index (κ2) is 12.7. The van der Waals surface area contributed by atoms with Crippen LogP contribution in [0.2, 0.25) is 0 Å². The Morgan fingerprint density at radius 1 is 1.00 bits per heavy atom. The second-order valence-corrected chi connectivity index (χ2v) is 6.49. The molecule has 8 nitrogen and oxygen atoms in total. The second-order valence-electron chi connectivity index (χ2n) is 6.49. The van der Waals surface area contributed by atoms with Crippen molar-refractivity contribution in [3.8, 4) is 0 Å². The normalized spacial score (nSPS) is 15.2. The molecular weight excluding hydrogens is 322 g/mol. The average molecular weight is 355 g/mol. The molecule has 144 valence electrons. The van der Waals surface area contributed by atoms with Crippen LogP contribution >= 0.6 is 0 Å². The highest BCUT2D eigenvalue weighted by atomic mass is 16.2. The van der Waals surface area contributed by atoms with Gasteiger partial charge in [-0.15, -0.1) is 0 Å². The van der Waals surface area contributed by atoms with E-state index in [1.807, 2.05) is 4.90 Å². The molecule has 1 unspecified atom stereocenters. The standard InChI is InChI=1S/C17H33N5O3/c18-9-5-11-21-16(24)6-1-2-10-20-14(7-8-15(19)23)17(25)22-12-3-4-13-22/h14,20H,1-13,18H2,(H2,19,23)(H,21,24). The Kier molecular flexibility index (Phi) is 10.8. The lowest BCUT2D eigenvalue weighted by atomic mass is 10.1. The minimum absolute atomic E-state index is 0.0341. The molecule has 0 spiro atoms. The van der Waals surface area contributed by atoms with Crippen LogP contribution in [0.15, 0.2) is 0 Å². The quantitative estimate of drug-likeness (QED) is 0.330. The average Bonchev–Trinajstić information content (AvgIpc) is 3.11. The highest BCUT2D eigenvalue weighted by Crippen LogP contribution is 2.11. The predicted molar refractivity (Wildman–Crippen MR) is 96.6 cm³/mol. The highest BCUT2D eigenvalue weighted by molar-refractivity contribution is 5.83. The number of likely N-dealkylation sites (tertiary alicyclic amines) is 1. The number of unbranched alkanes of at least 4 members (excludes halogenated alkanes) is 1. The summed E-state index contributed by atoms with van der Waals surface area (Å²) >= 11 is 0. The number of amides is 3. The van der Waals surface area contributed by atoms with Crippen molar-refractivity contribution < 1.29 is 14.4 Å². The predicted octanol–water partition coefficient (Wildman–Crippen LogP) is -0.532. The van der Waals surface area contributed by atoms with Crippen LogP contribution in [0, 0.1) is 0 Å². The summed E-state index contributed by atoms with van der Waals surface area (Å²) < 4.78 is 0. The maximum Gasteiger partial charge on any atom is 0.239 e. The van der Waals surface area contributed by atoms with Crippen LogP contribution in [0.3, 0.4) is 0 Å². The number of primary amides is 1. The maximum atomic E-state index is 12.5. The zero-order valence-corrected chi connectivity index (χ0v) is 15.1. The number of carbonyl (C=O) groups is 3.